The molecule has 1 aromatic carbocycles. The van der Waals surface area contributed by atoms with Gasteiger partial charge in [0.05, 0.1) is 0 Å². The van der Waals surface area contributed by atoms with Gasteiger partial charge in [0.2, 0.25) is 0 Å². The maximum Gasteiger partial charge on any atom is 0.0416 e. The fraction of sp³-hybridized carbons (Fsp3) is 0.333. The molecule has 1 nitrogen and oxygen atoms in total. The van der Waals surface area contributed by atoms with Crippen LogP contribution in [0.3, 0.4) is 0 Å². The Morgan fingerprint density at radius 3 is 2.62 bits per heavy atom. The van der Waals surface area contributed by atoms with Crippen molar-refractivity contribution in [1.29, 1.82) is 0 Å². The van der Waals surface area contributed by atoms with E-state index in [1.807, 2.05) is 0 Å². The lowest BCUT2D eigenvalue weighted by Gasteiger charge is -2.21. The van der Waals surface area contributed by atoms with Crippen molar-refractivity contribution < 1.29 is 0 Å². The van der Waals surface area contributed by atoms with E-state index in [1.165, 1.54) is 16.8 Å². The molecular weight excluding hydrogens is 194 g/mol. The zero-order valence-electron chi connectivity index (χ0n) is 10.2. The van der Waals surface area contributed by atoms with Crippen LogP contribution in [0.1, 0.15) is 31.9 Å². The summed E-state index contributed by atoms with van der Waals surface area (Å²) in [6.45, 7) is 7.66. The molecule has 1 aromatic rings. The third-order valence-corrected chi connectivity index (χ3v) is 2.85. The van der Waals surface area contributed by atoms with Crippen LogP contribution in [0.15, 0.2) is 42.5 Å². The molecule has 0 fully saturated rings. The second kappa shape index (κ2) is 4.17. The van der Waals surface area contributed by atoms with Crippen LogP contribution in [-0.2, 0) is 5.41 Å². The largest absolute Gasteiger partial charge is 0.381 e. The van der Waals surface area contributed by atoms with Crippen LogP contribution in [0, 0.1) is 0 Å². The van der Waals surface area contributed by atoms with E-state index in [0.29, 0.717) is 0 Å². The van der Waals surface area contributed by atoms with Crippen molar-refractivity contribution in [2.24, 2.45) is 0 Å². The average Bonchev–Trinajstić information content (AvgIpc) is 2.29. The maximum absolute atomic E-state index is 3.39. The molecule has 1 heterocycles. The van der Waals surface area contributed by atoms with E-state index >= 15 is 0 Å². The van der Waals surface area contributed by atoms with Gasteiger partial charge in [-0.1, -0.05) is 51.1 Å². The monoisotopic (exact) mass is 213 g/mol. The summed E-state index contributed by atoms with van der Waals surface area (Å²) in [5.74, 6) is 0. The number of nitrogens with one attached hydrogen (secondary N) is 1. The molecule has 1 heteroatoms. The first-order valence-electron chi connectivity index (χ1n) is 5.79. The second-order valence-corrected chi connectivity index (χ2v) is 5.22. The van der Waals surface area contributed by atoms with Gasteiger partial charge in [-0.2, -0.15) is 0 Å². The van der Waals surface area contributed by atoms with Crippen molar-refractivity contribution in [3.05, 3.63) is 53.6 Å². The van der Waals surface area contributed by atoms with Crippen molar-refractivity contribution in [2.45, 2.75) is 26.2 Å². The van der Waals surface area contributed by atoms with Crippen molar-refractivity contribution in [1.82, 2.24) is 5.32 Å². The Kier molecular flexibility index (Phi) is 2.86. The van der Waals surface area contributed by atoms with Crippen molar-refractivity contribution in [3.63, 3.8) is 0 Å². The smallest absolute Gasteiger partial charge is 0.0416 e. The lowest BCUT2D eigenvalue weighted by molar-refractivity contribution is 0.590. The molecule has 1 aliphatic heterocycles. The average molecular weight is 213 g/mol. The standard InChI is InChI=1S/C15H19N/c1-15(2,3)13-8-6-7-12(11-13)14-9-4-5-10-16-14/h4-9,11,16H,10H2,1-3H3. The van der Waals surface area contributed by atoms with Crippen LogP contribution in [0.25, 0.3) is 5.70 Å². The van der Waals surface area contributed by atoms with Crippen molar-refractivity contribution in [3.8, 4) is 0 Å². The van der Waals surface area contributed by atoms with Crippen LogP contribution < -0.4 is 5.32 Å². The third kappa shape index (κ3) is 2.35. The SMILES string of the molecule is CC(C)(C)c1cccc(C2=CC=CCN2)c1. The maximum atomic E-state index is 3.39. The molecule has 0 aromatic heterocycles. The molecule has 0 amide bonds. The first-order valence-corrected chi connectivity index (χ1v) is 5.79. The molecule has 0 bridgehead atoms. The summed E-state index contributed by atoms with van der Waals surface area (Å²) in [5, 5.41) is 3.39. The highest BCUT2D eigenvalue weighted by atomic mass is 14.9. The van der Waals surface area contributed by atoms with E-state index in [4.69, 9.17) is 0 Å². The summed E-state index contributed by atoms with van der Waals surface area (Å²) < 4.78 is 0. The van der Waals surface area contributed by atoms with E-state index in [0.717, 1.165) is 6.54 Å². The van der Waals surface area contributed by atoms with Crippen LogP contribution in [0.5, 0.6) is 0 Å². The fourth-order valence-electron chi connectivity index (χ4n) is 1.81. The van der Waals surface area contributed by atoms with Crippen LogP contribution in [0.2, 0.25) is 0 Å². The Morgan fingerprint density at radius 1 is 1.19 bits per heavy atom. The molecule has 1 N–H and O–H groups in total. The second-order valence-electron chi connectivity index (χ2n) is 5.22. The summed E-state index contributed by atoms with van der Waals surface area (Å²) in [6.07, 6.45) is 6.36. The van der Waals surface area contributed by atoms with E-state index in [-0.39, 0.29) is 5.41 Å². The lowest BCUT2D eigenvalue weighted by atomic mass is 9.86. The Bertz CT molecular complexity index is 433. The summed E-state index contributed by atoms with van der Waals surface area (Å²) in [6, 6.07) is 8.77. The Labute approximate surface area is 97.9 Å². The minimum Gasteiger partial charge on any atom is -0.381 e. The highest BCUT2D eigenvalue weighted by Crippen LogP contribution is 2.25. The van der Waals surface area contributed by atoms with Crippen LogP contribution in [0.4, 0.5) is 0 Å². The predicted octanol–water partition coefficient (Wildman–Crippen LogP) is 3.48. The van der Waals surface area contributed by atoms with Gasteiger partial charge in [-0.05, 0) is 28.7 Å². The number of rotatable bonds is 1. The number of hydrogen-bond donors (Lipinski definition) is 1. The molecule has 0 radical (unpaired) electrons. The van der Waals surface area contributed by atoms with Crippen LogP contribution in [-0.4, -0.2) is 6.54 Å². The van der Waals surface area contributed by atoms with E-state index < -0.39 is 0 Å². The number of dihydropyridines is 1. The number of allylic oxidation sites excluding steroid dienone is 2. The molecular formula is C15H19N. The molecule has 0 atom stereocenters. The number of benzene rings is 1. The zero-order chi connectivity index (χ0) is 11.6. The van der Waals surface area contributed by atoms with E-state index in [1.54, 1.807) is 0 Å². The lowest BCUT2D eigenvalue weighted by Crippen LogP contribution is -2.16. The Hall–Kier alpha value is -1.50. The van der Waals surface area contributed by atoms with Gasteiger partial charge in [-0.15, -0.1) is 0 Å². The Morgan fingerprint density at radius 2 is 2.00 bits per heavy atom. The predicted molar refractivity (Wildman–Crippen MR) is 70.3 cm³/mol. The first kappa shape index (κ1) is 11.0. The molecule has 0 spiro atoms. The first-order chi connectivity index (χ1) is 7.57. The normalized spacial score (nSPS) is 15.6. The van der Waals surface area contributed by atoms with Gasteiger partial charge in [0, 0.05) is 12.2 Å². The molecule has 2 rings (SSSR count). The van der Waals surface area contributed by atoms with Gasteiger partial charge in [0.15, 0.2) is 0 Å². The summed E-state index contributed by atoms with van der Waals surface area (Å²) >= 11 is 0. The summed E-state index contributed by atoms with van der Waals surface area (Å²) in [7, 11) is 0. The Balaban J connectivity index is 2.36. The summed E-state index contributed by atoms with van der Waals surface area (Å²) in [4.78, 5) is 0. The van der Waals surface area contributed by atoms with E-state index in [2.05, 4.69) is 68.6 Å². The van der Waals surface area contributed by atoms with E-state index in [9.17, 15) is 0 Å². The van der Waals surface area contributed by atoms with Gasteiger partial charge in [-0.3, -0.25) is 0 Å². The molecule has 16 heavy (non-hydrogen) atoms. The van der Waals surface area contributed by atoms with Gasteiger partial charge >= 0.3 is 0 Å². The minimum absolute atomic E-state index is 0.209. The van der Waals surface area contributed by atoms with Gasteiger partial charge in [0.25, 0.3) is 0 Å². The van der Waals surface area contributed by atoms with Crippen molar-refractivity contribution >= 4 is 5.70 Å². The zero-order valence-corrected chi connectivity index (χ0v) is 10.2. The topological polar surface area (TPSA) is 12.0 Å². The highest BCUT2D eigenvalue weighted by Gasteiger charge is 2.14. The van der Waals surface area contributed by atoms with Gasteiger partial charge < -0.3 is 5.32 Å². The molecule has 0 saturated heterocycles. The van der Waals surface area contributed by atoms with Crippen molar-refractivity contribution in [2.75, 3.05) is 6.54 Å². The molecule has 0 saturated carbocycles. The fourth-order valence-corrected chi connectivity index (χ4v) is 1.81. The van der Waals surface area contributed by atoms with Crippen LogP contribution >= 0.6 is 0 Å². The highest BCUT2D eigenvalue weighted by molar-refractivity contribution is 5.67. The van der Waals surface area contributed by atoms with Gasteiger partial charge in [-0.25, -0.2) is 0 Å². The molecule has 1 aliphatic rings. The van der Waals surface area contributed by atoms with Gasteiger partial charge in [0.1, 0.15) is 0 Å². The summed E-state index contributed by atoms with van der Waals surface area (Å²) in [5.41, 5.74) is 4.08. The minimum atomic E-state index is 0.209. The number of hydrogen-bond acceptors (Lipinski definition) is 1. The molecule has 84 valence electrons. The molecule has 0 unspecified atom stereocenters. The quantitative estimate of drug-likeness (QED) is 0.753. The molecule has 0 aliphatic carbocycles. The third-order valence-electron chi connectivity index (χ3n) is 2.85.